The first kappa shape index (κ1) is 30.6. The van der Waals surface area contributed by atoms with E-state index in [1.165, 1.54) is 0 Å². The fourth-order valence-corrected chi connectivity index (χ4v) is 6.98. The van der Waals surface area contributed by atoms with Gasteiger partial charge in [-0.1, -0.05) is 76.4 Å². The molecule has 3 nitrogen and oxygen atoms in total. The summed E-state index contributed by atoms with van der Waals surface area (Å²) in [6, 6.07) is 26.3. The standard InChI is InChI=1S/C36H15B9N2O/c37-25-23(28(40)36(48)33(45)31(25)43)17-10-9-14(13-20(17)24-26(38)29(41)32(44)30(42)27(24)39)47-22-8-4-2-6-16(22)19-12-11-18-15-5-1-3-7-21(15)46-34(18)35(19)47/h1-13,46,48H. The van der Waals surface area contributed by atoms with E-state index in [0.717, 1.165) is 49.3 Å². The molecule has 12 heteroatoms. The van der Waals surface area contributed by atoms with Crippen molar-refractivity contribution in [2.45, 2.75) is 0 Å². The van der Waals surface area contributed by atoms with Crippen molar-refractivity contribution < 1.29 is 5.11 Å². The monoisotopic (exact) mass is 590 g/mol. The lowest BCUT2D eigenvalue weighted by atomic mass is 9.59. The highest BCUT2D eigenvalue weighted by Crippen LogP contribution is 2.40. The van der Waals surface area contributed by atoms with Gasteiger partial charge in [-0.25, -0.2) is 0 Å². The van der Waals surface area contributed by atoms with Crippen LogP contribution in [0.1, 0.15) is 0 Å². The fourth-order valence-electron chi connectivity index (χ4n) is 6.98. The first-order chi connectivity index (χ1) is 23.0. The van der Waals surface area contributed by atoms with Gasteiger partial charge in [0.15, 0.2) is 0 Å². The number of phenolic OH excluding ortho intramolecular Hbond substituents is 1. The molecule has 2 N–H and O–H groups in total. The molecule has 0 fully saturated rings. The van der Waals surface area contributed by atoms with Crippen molar-refractivity contribution in [3.05, 3.63) is 78.9 Å². The number of hydrogen-bond acceptors (Lipinski definition) is 1. The van der Waals surface area contributed by atoms with Crippen LogP contribution >= 0.6 is 0 Å². The number of para-hydroxylation sites is 2. The van der Waals surface area contributed by atoms with Crippen molar-refractivity contribution in [1.29, 1.82) is 0 Å². The van der Waals surface area contributed by atoms with Gasteiger partial charge in [0.25, 0.3) is 0 Å². The number of H-pyrrole nitrogens is 1. The summed E-state index contributed by atoms with van der Waals surface area (Å²) < 4.78 is 2.17. The summed E-state index contributed by atoms with van der Waals surface area (Å²) in [5.74, 6) is -0.396. The first-order valence-electron chi connectivity index (χ1n) is 15.0. The second kappa shape index (κ2) is 10.9. The third kappa shape index (κ3) is 4.14. The third-order valence-electron chi connectivity index (χ3n) is 9.44. The van der Waals surface area contributed by atoms with Crippen LogP contribution in [0, 0.1) is 0 Å². The van der Waals surface area contributed by atoms with Gasteiger partial charge < -0.3 is 14.7 Å². The maximum Gasteiger partial charge on any atom is 0.119 e. The van der Waals surface area contributed by atoms with Crippen LogP contribution < -0.4 is 49.2 Å². The molecule has 0 amide bonds. The summed E-state index contributed by atoms with van der Waals surface area (Å²) in [5.41, 5.74) is 6.47. The Balaban J connectivity index is 1.55. The van der Waals surface area contributed by atoms with Gasteiger partial charge >= 0.3 is 0 Å². The Morgan fingerprint density at radius 3 is 1.75 bits per heavy atom. The smallest absolute Gasteiger partial charge is 0.119 e. The van der Waals surface area contributed by atoms with Crippen LogP contribution in [0.15, 0.2) is 78.9 Å². The van der Waals surface area contributed by atoms with Crippen LogP contribution in [0.4, 0.5) is 0 Å². The third-order valence-corrected chi connectivity index (χ3v) is 9.44. The second-order valence-corrected chi connectivity index (χ2v) is 12.0. The van der Waals surface area contributed by atoms with E-state index in [-0.39, 0.29) is 54.7 Å². The van der Waals surface area contributed by atoms with E-state index in [4.69, 9.17) is 70.6 Å². The highest BCUT2D eigenvalue weighted by molar-refractivity contribution is 6.69. The minimum atomic E-state index is -0.396. The molecule has 0 aliphatic heterocycles. The number of rotatable bonds is 3. The molecule has 202 valence electrons. The molecule has 0 spiro atoms. The van der Waals surface area contributed by atoms with E-state index in [1.54, 1.807) is 0 Å². The van der Waals surface area contributed by atoms with Crippen molar-refractivity contribution in [3.8, 4) is 33.7 Å². The molecule has 0 aliphatic rings. The van der Waals surface area contributed by atoms with Crippen molar-refractivity contribution >= 4 is 163 Å². The summed E-state index contributed by atoms with van der Waals surface area (Å²) in [4.78, 5) is 3.65. The molecule has 18 radical (unpaired) electrons. The average Bonchev–Trinajstić information content (AvgIpc) is 3.65. The Morgan fingerprint density at radius 2 is 1.04 bits per heavy atom. The predicted molar refractivity (Wildman–Crippen MR) is 211 cm³/mol. The van der Waals surface area contributed by atoms with E-state index < -0.39 is 5.75 Å². The highest BCUT2D eigenvalue weighted by atomic mass is 16.3. The van der Waals surface area contributed by atoms with Crippen molar-refractivity contribution in [1.82, 2.24) is 9.55 Å². The average molecular weight is 589 g/mol. The molecule has 0 bridgehead atoms. The highest BCUT2D eigenvalue weighted by Gasteiger charge is 2.23. The fraction of sp³-hybridized carbons (Fsp3) is 0. The van der Waals surface area contributed by atoms with Gasteiger partial charge in [-0.05, 0) is 52.0 Å². The summed E-state index contributed by atoms with van der Waals surface area (Å²) in [6.07, 6.45) is 0. The van der Waals surface area contributed by atoms with E-state index in [2.05, 4.69) is 45.9 Å². The van der Waals surface area contributed by atoms with E-state index in [1.807, 2.05) is 42.5 Å². The zero-order chi connectivity index (χ0) is 33.8. The van der Waals surface area contributed by atoms with Crippen LogP contribution in [0.2, 0.25) is 0 Å². The molecule has 0 saturated heterocycles. The largest absolute Gasteiger partial charge is 0.509 e. The molecule has 6 aromatic carbocycles. The Morgan fingerprint density at radius 1 is 0.479 bits per heavy atom. The van der Waals surface area contributed by atoms with Gasteiger partial charge in [0.1, 0.15) is 76.4 Å². The molecule has 0 atom stereocenters. The van der Waals surface area contributed by atoms with Gasteiger partial charge in [-0.3, -0.25) is 0 Å². The van der Waals surface area contributed by atoms with Gasteiger partial charge in [-0.2, -0.15) is 0 Å². The van der Waals surface area contributed by atoms with Crippen molar-refractivity contribution in [2.75, 3.05) is 0 Å². The molecule has 0 unspecified atom stereocenters. The number of nitrogens with one attached hydrogen (secondary N) is 1. The van der Waals surface area contributed by atoms with Crippen molar-refractivity contribution in [2.24, 2.45) is 0 Å². The zero-order valence-electron chi connectivity index (χ0n) is 25.6. The van der Waals surface area contributed by atoms with Gasteiger partial charge in [0.05, 0.1) is 16.6 Å². The Bertz CT molecular complexity index is 2640. The number of phenols is 1. The summed E-state index contributed by atoms with van der Waals surface area (Å²) in [7, 11) is 57.5. The lowest BCUT2D eigenvalue weighted by Crippen LogP contribution is -2.55. The molecule has 0 saturated carbocycles. The van der Waals surface area contributed by atoms with E-state index >= 15 is 0 Å². The molecular weight excluding hydrogens is 574 g/mol. The van der Waals surface area contributed by atoms with Crippen LogP contribution in [0.3, 0.4) is 0 Å². The normalized spacial score (nSPS) is 11.8. The lowest BCUT2D eigenvalue weighted by molar-refractivity contribution is 0.484. The van der Waals surface area contributed by atoms with Gasteiger partial charge in [-0.15, -0.1) is 21.9 Å². The van der Waals surface area contributed by atoms with E-state index in [9.17, 15) is 5.11 Å². The van der Waals surface area contributed by atoms with Crippen LogP contribution in [-0.4, -0.2) is 85.3 Å². The molecule has 0 aliphatic carbocycles. The van der Waals surface area contributed by atoms with Crippen LogP contribution in [-0.2, 0) is 0 Å². The van der Waals surface area contributed by atoms with Crippen molar-refractivity contribution in [3.63, 3.8) is 0 Å². The SMILES string of the molecule is [B]c1c([B])c([B])c(-c2cc(-n3c4ccccc4c4ccc5c6ccccc6[nH]c5c43)ccc2-c2c([B])c([B])c([B])c(O)c2[B])c([B])c1[B]. The second-order valence-electron chi connectivity index (χ2n) is 12.0. The number of aromatic hydroxyl groups is 1. The summed E-state index contributed by atoms with van der Waals surface area (Å²) in [6.45, 7) is 0. The van der Waals surface area contributed by atoms with Crippen LogP contribution in [0.5, 0.6) is 5.75 Å². The quantitative estimate of drug-likeness (QED) is 0.245. The number of aromatic amines is 1. The summed E-state index contributed by atoms with van der Waals surface area (Å²) in [5, 5.41) is 15.2. The zero-order valence-corrected chi connectivity index (χ0v) is 25.6. The molecule has 8 aromatic rings. The first-order valence-corrected chi connectivity index (χ1v) is 15.0. The number of fused-ring (bicyclic) bond motifs is 7. The number of benzene rings is 6. The molecule has 8 rings (SSSR count). The molecule has 2 heterocycles. The Kier molecular flexibility index (Phi) is 6.97. The topological polar surface area (TPSA) is 41.0 Å². The Labute approximate surface area is 289 Å². The number of nitrogens with zero attached hydrogens (tertiary/aromatic N) is 1. The lowest BCUT2D eigenvalue weighted by Gasteiger charge is -2.26. The number of aromatic nitrogens is 2. The molecule has 2 aromatic heterocycles. The van der Waals surface area contributed by atoms with E-state index in [0.29, 0.717) is 16.7 Å². The molecular formula is C36H15B9N2O. The summed E-state index contributed by atoms with van der Waals surface area (Å²) >= 11 is 0. The van der Waals surface area contributed by atoms with Gasteiger partial charge in [0.2, 0.25) is 0 Å². The van der Waals surface area contributed by atoms with Gasteiger partial charge in [0, 0.05) is 32.7 Å². The Hall–Kier alpha value is -4.70. The minimum Gasteiger partial charge on any atom is -0.509 e. The minimum absolute atomic E-state index is 0.0207. The van der Waals surface area contributed by atoms with Crippen LogP contribution in [0.25, 0.3) is 71.6 Å². The predicted octanol–water partition coefficient (Wildman–Crippen LogP) is -1.40. The number of hydrogen-bond donors (Lipinski definition) is 2. The maximum atomic E-state index is 10.9. The maximum absolute atomic E-state index is 10.9. The molecule has 48 heavy (non-hydrogen) atoms.